The molecule has 23 heavy (non-hydrogen) atoms. The number of ether oxygens (including phenoxy) is 1. The Hall–Kier alpha value is -2.66. The first-order valence-corrected chi connectivity index (χ1v) is 7.98. The van der Waals surface area contributed by atoms with Gasteiger partial charge in [0, 0.05) is 11.4 Å². The van der Waals surface area contributed by atoms with Crippen molar-refractivity contribution in [2.75, 3.05) is 7.11 Å². The summed E-state index contributed by atoms with van der Waals surface area (Å²) in [7, 11) is 1.39. The van der Waals surface area contributed by atoms with Gasteiger partial charge < -0.3 is 4.74 Å². The van der Waals surface area contributed by atoms with E-state index in [9.17, 15) is 4.79 Å². The molecule has 116 valence electrons. The first-order chi connectivity index (χ1) is 11.2. The number of carbonyl (C=O) groups excluding carboxylic acids is 1. The zero-order chi connectivity index (χ0) is 16.2. The van der Waals surface area contributed by atoms with Crippen molar-refractivity contribution in [1.82, 2.24) is 4.57 Å². The molecule has 0 aliphatic rings. The van der Waals surface area contributed by atoms with E-state index in [2.05, 4.69) is 4.99 Å². The lowest BCUT2D eigenvalue weighted by Crippen LogP contribution is -2.13. The van der Waals surface area contributed by atoms with E-state index in [1.807, 2.05) is 72.2 Å². The summed E-state index contributed by atoms with van der Waals surface area (Å²) in [5.74, 6) is -0.341. The highest BCUT2D eigenvalue weighted by Crippen LogP contribution is 2.19. The van der Waals surface area contributed by atoms with Crippen LogP contribution in [-0.2, 0) is 4.74 Å². The van der Waals surface area contributed by atoms with Gasteiger partial charge in [0.1, 0.15) is 4.88 Å². The molecule has 5 heteroatoms. The van der Waals surface area contributed by atoms with E-state index in [-0.39, 0.29) is 5.97 Å². The van der Waals surface area contributed by atoms with Gasteiger partial charge in [-0.05, 0) is 31.2 Å². The Bertz CT molecular complexity index is 880. The summed E-state index contributed by atoms with van der Waals surface area (Å²) in [6, 6.07) is 19.6. The number of benzene rings is 2. The molecule has 0 atom stereocenters. The lowest BCUT2D eigenvalue weighted by molar-refractivity contribution is 0.0605. The van der Waals surface area contributed by atoms with Gasteiger partial charge >= 0.3 is 5.97 Å². The average molecular weight is 324 g/mol. The normalized spacial score (nSPS) is 11.5. The van der Waals surface area contributed by atoms with Crippen molar-refractivity contribution in [2.45, 2.75) is 6.92 Å². The molecule has 1 heterocycles. The Morgan fingerprint density at radius 2 is 1.65 bits per heavy atom. The molecule has 0 saturated carbocycles. The molecule has 0 unspecified atom stereocenters. The number of hydrogen-bond acceptors (Lipinski definition) is 4. The fraction of sp³-hybridized carbons (Fsp3) is 0.111. The molecule has 3 aromatic rings. The highest BCUT2D eigenvalue weighted by Gasteiger charge is 2.18. The number of aromatic nitrogens is 1. The predicted octanol–water partition coefficient (Wildman–Crippen LogP) is 3.87. The summed E-state index contributed by atoms with van der Waals surface area (Å²) in [5.41, 5.74) is 2.63. The second-order valence-electron chi connectivity index (χ2n) is 4.91. The topological polar surface area (TPSA) is 43.6 Å². The van der Waals surface area contributed by atoms with E-state index in [0.717, 1.165) is 21.9 Å². The fourth-order valence-electron chi connectivity index (χ4n) is 2.30. The van der Waals surface area contributed by atoms with Crippen molar-refractivity contribution in [2.24, 2.45) is 4.99 Å². The van der Waals surface area contributed by atoms with E-state index in [4.69, 9.17) is 4.74 Å². The molecule has 2 aromatic carbocycles. The molecule has 0 bridgehead atoms. The number of hydrogen-bond donors (Lipinski definition) is 0. The maximum absolute atomic E-state index is 12.0. The zero-order valence-corrected chi connectivity index (χ0v) is 13.7. The molecular formula is C18H16N2O2S. The van der Waals surface area contributed by atoms with E-state index in [1.54, 1.807) is 0 Å². The summed E-state index contributed by atoms with van der Waals surface area (Å²) in [4.78, 5) is 18.0. The minimum atomic E-state index is -0.341. The number of para-hydroxylation sites is 2. The van der Waals surface area contributed by atoms with E-state index >= 15 is 0 Å². The third-order valence-corrected chi connectivity index (χ3v) is 4.54. The van der Waals surface area contributed by atoms with Crippen molar-refractivity contribution in [1.29, 1.82) is 0 Å². The number of nitrogens with zero attached hydrogens (tertiary/aromatic N) is 2. The minimum absolute atomic E-state index is 0.341. The van der Waals surface area contributed by atoms with Gasteiger partial charge in [-0.25, -0.2) is 9.79 Å². The van der Waals surface area contributed by atoms with Crippen LogP contribution < -0.4 is 4.80 Å². The first-order valence-electron chi connectivity index (χ1n) is 7.16. The minimum Gasteiger partial charge on any atom is -0.465 e. The van der Waals surface area contributed by atoms with Crippen molar-refractivity contribution in [3.8, 4) is 5.69 Å². The summed E-state index contributed by atoms with van der Waals surface area (Å²) >= 11 is 1.33. The molecular weight excluding hydrogens is 308 g/mol. The number of methoxy groups -OCH3 is 1. The van der Waals surface area contributed by atoms with Crippen LogP contribution in [0.5, 0.6) is 0 Å². The monoisotopic (exact) mass is 324 g/mol. The third-order valence-electron chi connectivity index (χ3n) is 3.41. The lowest BCUT2D eigenvalue weighted by atomic mass is 10.3. The Morgan fingerprint density at radius 3 is 2.26 bits per heavy atom. The van der Waals surface area contributed by atoms with Crippen LogP contribution in [0.2, 0.25) is 0 Å². The maximum atomic E-state index is 12.0. The molecule has 3 rings (SSSR count). The van der Waals surface area contributed by atoms with Crippen LogP contribution in [0.15, 0.2) is 65.7 Å². The maximum Gasteiger partial charge on any atom is 0.349 e. The Morgan fingerprint density at radius 1 is 1.04 bits per heavy atom. The van der Waals surface area contributed by atoms with Crippen molar-refractivity contribution >= 4 is 23.0 Å². The fourth-order valence-corrected chi connectivity index (χ4v) is 3.38. The van der Waals surface area contributed by atoms with Gasteiger partial charge in [0.15, 0.2) is 4.80 Å². The third kappa shape index (κ3) is 3.10. The second kappa shape index (κ2) is 6.62. The van der Waals surface area contributed by atoms with Gasteiger partial charge in [0.25, 0.3) is 0 Å². The second-order valence-corrected chi connectivity index (χ2v) is 5.89. The number of thiazole rings is 1. The highest BCUT2D eigenvalue weighted by atomic mass is 32.1. The largest absolute Gasteiger partial charge is 0.465 e. The van der Waals surface area contributed by atoms with E-state index in [0.29, 0.717) is 4.88 Å². The van der Waals surface area contributed by atoms with Crippen LogP contribution >= 0.6 is 11.3 Å². The lowest BCUT2D eigenvalue weighted by Gasteiger charge is -2.06. The molecule has 0 aliphatic heterocycles. The Kier molecular flexibility index (Phi) is 4.39. The Balaban J connectivity index is 2.26. The summed E-state index contributed by atoms with van der Waals surface area (Å²) in [6.07, 6.45) is 0. The Labute approximate surface area is 138 Å². The van der Waals surface area contributed by atoms with Crippen LogP contribution in [0, 0.1) is 6.92 Å². The van der Waals surface area contributed by atoms with Crippen molar-refractivity contribution < 1.29 is 9.53 Å². The SMILES string of the molecule is COC(=O)c1sc(=Nc2ccccc2)n(-c2ccccc2)c1C. The molecule has 4 nitrogen and oxygen atoms in total. The standard InChI is InChI=1S/C18H16N2O2S/c1-13-16(17(21)22-2)23-18(19-14-9-5-3-6-10-14)20(13)15-11-7-4-8-12-15/h3-12H,1-2H3. The van der Waals surface area contributed by atoms with Crippen molar-refractivity contribution in [3.05, 3.63) is 76.0 Å². The molecule has 0 spiro atoms. The molecule has 0 amide bonds. The van der Waals surface area contributed by atoms with Gasteiger partial charge in [0.05, 0.1) is 12.8 Å². The number of esters is 1. The smallest absolute Gasteiger partial charge is 0.349 e. The summed E-state index contributed by atoms with van der Waals surface area (Å²) in [5, 5.41) is 0. The van der Waals surface area contributed by atoms with Crippen LogP contribution in [0.1, 0.15) is 15.4 Å². The van der Waals surface area contributed by atoms with Gasteiger partial charge in [-0.3, -0.25) is 4.57 Å². The van der Waals surface area contributed by atoms with Gasteiger partial charge in [-0.2, -0.15) is 0 Å². The summed E-state index contributed by atoms with van der Waals surface area (Å²) in [6.45, 7) is 1.90. The summed E-state index contributed by atoms with van der Waals surface area (Å²) < 4.78 is 6.86. The molecule has 0 aliphatic carbocycles. The van der Waals surface area contributed by atoms with Gasteiger partial charge in [-0.15, -0.1) is 0 Å². The zero-order valence-electron chi connectivity index (χ0n) is 12.9. The van der Waals surface area contributed by atoms with E-state index in [1.165, 1.54) is 18.4 Å². The van der Waals surface area contributed by atoms with Crippen LogP contribution in [-0.4, -0.2) is 17.6 Å². The van der Waals surface area contributed by atoms with Crippen LogP contribution in [0.3, 0.4) is 0 Å². The highest BCUT2D eigenvalue weighted by molar-refractivity contribution is 7.11. The van der Waals surface area contributed by atoms with Crippen LogP contribution in [0.25, 0.3) is 5.69 Å². The molecule has 0 saturated heterocycles. The predicted molar refractivity (Wildman–Crippen MR) is 91.4 cm³/mol. The molecule has 0 radical (unpaired) electrons. The molecule has 0 fully saturated rings. The van der Waals surface area contributed by atoms with Crippen molar-refractivity contribution in [3.63, 3.8) is 0 Å². The van der Waals surface area contributed by atoms with E-state index < -0.39 is 0 Å². The quantitative estimate of drug-likeness (QED) is 0.687. The van der Waals surface area contributed by atoms with Gasteiger partial charge in [0.2, 0.25) is 0 Å². The van der Waals surface area contributed by atoms with Crippen LogP contribution in [0.4, 0.5) is 5.69 Å². The molecule has 0 N–H and O–H groups in total. The number of rotatable bonds is 3. The first kappa shape index (κ1) is 15.2. The number of carbonyl (C=O) groups is 1. The molecule has 1 aromatic heterocycles. The van der Waals surface area contributed by atoms with Gasteiger partial charge in [-0.1, -0.05) is 47.7 Å². The average Bonchev–Trinajstić information content (AvgIpc) is 2.92.